The van der Waals surface area contributed by atoms with Crippen LogP contribution in [-0.2, 0) is 0 Å². The summed E-state index contributed by atoms with van der Waals surface area (Å²) in [6.45, 7) is 2.27. The Labute approximate surface area is 202 Å². The summed E-state index contributed by atoms with van der Waals surface area (Å²) >= 11 is 6.02. The van der Waals surface area contributed by atoms with Gasteiger partial charge in [0.05, 0.1) is 18.6 Å². The van der Waals surface area contributed by atoms with E-state index in [-0.39, 0.29) is 22.5 Å². The van der Waals surface area contributed by atoms with E-state index in [0.717, 1.165) is 11.3 Å². The Morgan fingerprint density at radius 1 is 1.21 bits per heavy atom. The number of aromatic hydroxyl groups is 1. The summed E-state index contributed by atoms with van der Waals surface area (Å²) in [6, 6.07) is 17.2. The molecule has 9 heteroatoms. The molecule has 34 heavy (non-hydrogen) atoms. The Bertz CT molecular complexity index is 1250. The van der Waals surface area contributed by atoms with Gasteiger partial charge in [-0.05, 0) is 42.3 Å². The molecule has 8 nitrogen and oxygen atoms in total. The first-order valence-electron chi connectivity index (χ1n) is 10.8. The fourth-order valence-corrected chi connectivity index (χ4v) is 4.17. The number of hydrogen-bond donors (Lipinski definition) is 2. The number of nitro benzene ring substituents is 1. The van der Waals surface area contributed by atoms with Crippen LogP contribution in [0.25, 0.3) is 0 Å². The number of hydrogen-bond acceptors (Lipinski definition) is 7. The molecule has 1 aliphatic rings. The first-order valence-corrected chi connectivity index (χ1v) is 11.1. The van der Waals surface area contributed by atoms with Gasteiger partial charge in [-0.2, -0.15) is 0 Å². The highest BCUT2D eigenvalue weighted by Crippen LogP contribution is 2.39. The SMILES string of the molecule is CCOc1cccc([C@@H]2CC(c3cccc(OC)c3)=N[C@@H](c3ccc(Cl)c([N+](=O)[O-])c3)N2)c1O. The van der Waals surface area contributed by atoms with E-state index >= 15 is 0 Å². The number of phenols is 1. The summed E-state index contributed by atoms with van der Waals surface area (Å²) in [5.74, 6) is 1.13. The van der Waals surface area contributed by atoms with Crippen LogP contribution >= 0.6 is 11.6 Å². The second-order valence-electron chi connectivity index (χ2n) is 7.73. The molecule has 2 N–H and O–H groups in total. The molecule has 0 radical (unpaired) electrons. The number of methoxy groups -OCH3 is 1. The predicted octanol–water partition coefficient (Wildman–Crippen LogP) is 5.58. The molecule has 0 fully saturated rings. The third-order valence-corrected chi connectivity index (χ3v) is 5.95. The summed E-state index contributed by atoms with van der Waals surface area (Å²) < 4.78 is 10.9. The van der Waals surface area contributed by atoms with Crippen molar-refractivity contribution < 1.29 is 19.5 Å². The van der Waals surface area contributed by atoms with Crippen molar-refractivity contribution in [3.63, 3.8) is 0 Å². The number of nitrogens with one attached hydrogen (secondary N) is 1. The van der Waals surface area contributed by atoms with E-state index in [0.29, 0.717) is 35.7 Å². The molecule has 0 aromatic heterocycles. The van der Waals surface area contributed by atoms with Crippen LogP contribution in [0.5, 0.6) is 17.2 Å². The van der Waals surface area contributed by atoms with Gasteiger partial charge in [0.1, 0.15) is 16.9 Å². The number of benzene rings is 3. The largest absolute Gasteiger partial charge is 0.504 e. The molecule has 4 rings (SSSR count). The van der Waals surface area contributed by atoms with Crippen molar-refractivity contribution in [2.75, 3.05) is 13.7 Å². The molecule has 0 bridgehead atoms. The maximum absolute atomic E-state index is 11.4. The highest BCUT2D eigenvalue weighted by molar-refractivity contribution is 6.32. The summed E-state index contributed by atoms with van der Waals surface area (Å²) in [5, 5.41) is 25.8. The van der Waals surface area contributed by atoms with Gasteiger partial charge in [-0.3, -0.25) is 20.4 Å². The van der Waals surface area contributed by atoms with E-state index in [4.69, 9.17) is 26.1 Å². The zero-order valence-corrected chi connectivity index (χ0v) is 19.5. The maximum atomic E-state index is 11.4. The zero-order valence-electron chi connectivity index (χ0n) is 18.7. The Morgan fingerprint density at radius 2 is 2.00 bits per heavy atom. The van der Waals surface area contributed by atoms with Crippen LogP contribution in [0.15, 0.2) is 65.7 Å². The van der Waals surface area contributed by atoms with Gasteiger partial charge in [0, 0.05) is 29.8 Å². The summed E-state index contributed by atoms with van der Waals surface area (Å²) in [7, 11) is 1.60. The Balaban J connectivity index is 1.80. The van der Waals surface area contributed by atoms with E-state index in [1.807, 2.05) is 43.3 Å². The van der Waals surface area contributed by atoms with Crippen LogP contribution in [-0.4, -0.2) is 29.5 Å². The topological polar surface area (TPSA) is 106 Å². The first-order chi connectivity index (χ1) is 16.4. The summed E-state index contributed by atoms with van der Waals surface area (Å²) in [6.07, 6.45) is -0.131. The molecule has 2 atom stereocenters. The lowest BCUT2D eigenvalue weighted by molar-refractivity contribution is -0.384. The van der Waals surface area contributed by atoms with Crippen molar-refractivity contribution in [1.82, 2.24) is 5.32 Å². The fourth-order valence-electron chi connectivity index (χ4n) is 3.99. The van der Waals surface area contributed by atoms with Crippen molar-refractivity contribution in [3.05, 3.63) is 92.5 Å². The lowest BCUT2D eigenvalue weighted by atomic mass is 9.93. The molecule has 0 amide bonds. The minimum atomic E-state index is -0.605. The number of para-hydroxylation sites is 1. The van der Waals surface area contributed by atoms with E-state index < -0.39 is 11.1 Å². The molecule has 0 saturated heterocycles. The Hall–Kier alpha value is -3.62. The number of ether oxygens (including phenoxy) is 2. The van der Waals surface area contributed by atoms with Gasteiger partial charge in [-0.1, -0.05) is 41.9 Å². The summed E-state index contributed by atoms with van der Waals surface area (Å²) in [4.78, 5) is 15.8. The number of nitrogens with zero attached hydrogens (tertiary/aromatic N) is 2. The average Bonchev–Trinajstić information content (AvgIpc) is 2.85. The lowest BCUT2D eigenvalue weighted by Crippen LogP contribution is -2.33. The minimum absolute atomic E-state index is 0.0505. The van der Waals surface area contributed by atoms with Crippen molar-refractivity contribution in [2.24, 2.45) is 4.99 Å². The van der Waals surface area contributed by atoms with Crippen molar-refractivity contribution >= 4 is 23.0 Å². The molecule has 0 aliphatic carbocycles. The van der Waals surface area contributed by atoms with E-state index in [2.05, 4.69) is 5.32 Å². The van der Waals surface area contributed by atoms with Gasteiger partial charge < -0.3 is 14.6 Å². The molecule has 0 unspecified atom stereocenters. The molecular weight excluding hydrogens is 458 g/mol. The third kappa shape index (κ3) is 4.83. The van der Waals surface area contributed by atoms with E-state index in [1.54, 1.807) is 19.2 Å². The molecule has 0 spiro atoms. The van der Waals surface area contributed by atoms with Gasteiger partial charge in [0.15, 0.2) is 11.5 Å². The lowest BCUT2D eigenvalue weighted by Gasteiger charge is -2.31. The van der Waals surface area contributed by atoms with E-state index in [9.17, 15) is 15.2 Å². The van der Waals surface area contributed by atoms with Crippen molar-refractivity contribution in [3.8, 4) is 17.2 Å². The van der Waals surface area contributed by atoms with Gasteiger partial charge in [-0.25, -0.2) is 0 Å². The smallest absolute Gasteiger partial charge is 0.288 e. The second-order valence-corrected chi connectivity index (χ2v) is 8.14. The molecule has 3 aromatic carbocycles. The second kappa shape index (κ2) is 10.1. The summed E-state index contributed by atoms with van der Waals surface area (Å²) in [5.41, 5.74) is 2.67. The predicted molar refractivity (Wildman–Crippen MR) is 130 cm³/mol. The van der Waals surface area contributed by atoms with Crippen LogP contribution in [0.2, 0.25) is 5.02 Å². The van der Waals surface area contributed by atoms with Crippen LogP contribution in [0.3, 0.4) is 0 Å². The Morgan fingerprint density at radius 3 is 2.74 bits per heavy atom. The quantitative estimate of drug-likeness (QED) is 0.337. The monoisotopic (exact) mass is 481 g/mol. The van der Waals surface area contributed by atoms with Gasteiger partial charge in [0.25, 0.3) is 5.69 Å². The normalized spacial score (nSPS) is 17.7. The van der Waals surface area contributed by atoms with Crippen molar-refractivity contribution in [2.45, 2.75) is 25.6 Å². The number of rotatable bonds is 7. The van der Waals surface area contributed by atoms with Crippen LogP contribution in [0.4, 0.5) is 5.69 Å². The Kier molecular flexibility index (Phi) is 7.00. The highest BCUT2D eigenvalue weighted by atomic mass is 35.5. The van der Waals surface area contributed by atoms with Crippen LogP contribution in [0, 0.1) is 10.1 Å². The highest BCUT2D eigenvalue weighted by Gasteiger charge is 2.30. The number of aliphatic imine (C=N–C) groups is 1. The molecule has 3 aromatic rings. The molecule has 0 saturated carbocycles. The van der Waals surface area contributed by atoms with Crippen LogP contribution < -0.4 is 14.8 Å². The van der Waals surface area contributed by atoms with Gasteiger partial charge in [0.2, 0.25) is 0 Å². The van der Waals surface area contributed by atoms with Crippen molar-refractivity contribution in [1.29, 1.82) is 0 Å². The number of phenolic OH excluding ortho intramolecular Hbond substituents is 1. The average molecular weight is 482 g/mol. The fraction of sp³-hybridized carbons (Fsp3) is 0.240. The molecule has 1 heterocycles. The standard InChI is InChI=1S/C25H24ClN3O5/c1-3-34-23-9-5-8-18(24(23)30)21-14-20(15-6-4-7-17(12-15)33-2)27-25(28-21)16-10-11-19(26)22(13-16)29(31)32/h4-13,21,25,28,30H,3,14H2,1-2H3/t21-,25+/m0/s1. The molecule has 176 valence electrons. The number of nitro groups is 1. The number of halogens is 1. The van der Waals surface area contributed by atoms with Gasteiger partial charge in [-0.15, -0.1) is 0 Å². The molecule has 1 aliphatic heterocycles. The first kappa shape index (κ1) is 23.5. The molecular formula is C25H24ClN3O5. The van der Waals surface area contributed by atoms with Gasteiger partial charge >= 0.3 is 0 Å². The van der Waals surface area contributed by atoms with E-state index in [1.165, 1.54) is 12.1 Å². The minimum Gasteiger partial charge on any atom is -0.504 e. The van der Waals surface area contributed by atoms with Crippen LogP contribution in [0.1, 0.15) is 42.2 Å². The maximum Gasteiger partial charge on any atom is 0.288 e. The third-order valence-electron chi connectivity index (χ3n) is 5.63. The zero-order chi connectivity index (χ0) is 24.2.